The highest BCUT2D eigenvalue weighted by molar-refractivity contribution is 5.75. The Bertz CT molecular complexity index is 724. The van der Waals surface area contributed by atoms with Crippen LogP contribution in [0.4, 0.5) is 9.59 Å². The number of benzene rings is 1. The van der Waals surface area contributed by atoms with Crippen molar-refractivity contribution in [3.05, 3.63) is 29.8 Å². The standard InChI is InChI=1S/C19H24N2O5/c1-18(2)11-14(13-5-3-4-6-15(13)25-18)20-16(22)21-9-7-19(8-10-21)12-24-17(23)26-19/h3-6,14H,7-12H2,1-2H3,(H,20,22). The van der Waals surface area contributed by atoms with Gasteiger partial charge in [-0.2, -0.15) is 0 Å². The molecule has 2 saturated heterocycles. The highest BCUT2D eigenvalue weighted by Gasteiger charge is 2.45. The van der Waals surface area contributed by atoms with Gasteiger partial charge in [-0.15, -0.1) is 0 Å². The van der Waals surface area contributed by atoms with Gasteiger partial charge in [0.25, 0.3) is 0 Å². The minimum atomic E-state index is -0.607. The number of hydrogen-bond acceptors (Lipinski definition) is 5. The van der Waals surface area contributed by atoms with Crippen molar-refractivity contribution < 1.29 is 23.8 Å². The van der Waals surface area contributed by atoms with Gasteiger partial charge in [0.1, 0.15) is 18.0 Å². The number of nitrogens with one attached hydrogen (secondary N) is 1. The number of fused-ring (bicyclic) bond motifs is 1. The first kappa shape index (κ1) is 17.0. The maximum atomic E-state index is 12.8. The number of likely N-dealkylation sites (tertiary alicyclic amines) is 1. The van der Waals surface area contributed by atoms with Crippen LogP contribution in [-0.2, 0) is 9.47 Å². The van der Waals surface area contributed by atoms with E-state index in [0.717, 1.165) is 11.3 Å². The smallest absolute Gasteiger partial charge is 0.487 e. The van der Waals surface area contributed by atoms with E-state index >= 15 is 0 Å². The molecule has 7 nitrogen and oxygen atoms in total. The minimum Gasteiger partial charge on any atom is -0.487 e. The Morgan fingerprint density at radius 3 is 2.62 bits per heavy atom. The third-order valence-electron chi connectivity index (χ3n) is 5.39. The minimum absolute atomic E-state index is 0.0917. The van der Waals surface area contributed by atoms with Crippen LogP contribution in [0.1, 0.15) is 44.7 Å². The van der Waals surface area contributed by atoms with Crippen LogP contribution in [0, 0.1) is 0 Å². The van der Waals surface area contributed by atoms with Gasteiger partial charge in [0.05, 0.1) is 6.04 Å². The third-order valence-corrected chi connectivity index (χ3v) is 5.39. The summed E-state index contributed by atoms with van der Waals surface area (Å²) < 4.78 is 16.3. The SMILES string of the molecule is CC1(C)CC(NC(=O)N2CCC3(CC2)COC(=O)O3)c2ccccc2O1. The van der Waals surface area contributed by atoms with Gasteiger partial charge in [0, 0.05) is 37.9 Å². The van der Waals surface area contributed by atoms with Gasteiger partial charge in [-0.05, 0) is 19.9 Å². The maximum Gasteiger partial charge on any atom is 0.509 e. The van der Waals surface area contributed by atoms with Crippen molar-refractivity contribution in [2.24, 2.45) is 0 Å². The zero-order chi connectivity index (χ0) is 18.4. The molecule has 1 aromatic rings. The monoisotopic (exact) mass is 360 g/mol. The van der Waals surface area contributed by atoms with Crippen molar-refractivity contribution in [2.45, 2.75) is 50.4 Å². The van der Waals surface area contributed by atoms with Crippen molar-refractivity contribution in [3.8, 4) is 5.75 Å². The lowest BCUT2D eigenvalue weighted by Gasteiger charge is -2.40. The van der Waals surface area contributed by atoms with Gasteiger partial charge in [0.2, 0.25) is 0 Å². The fraction of sp³-hybridized carbons (Fsp3) is 0.579. The Morgan fingerprint density at radius 2 is 1.92 bits per heavy atom. The van der Waals surface area contributed by atoms with Crippen molar-refractivity contribution >= 4 is 12.2 Å². The fourth-order valence-corrected chi connectivity index (χ4v) is 3.96. The predicted molar refractivity (Wildman–Crippen MR) is 93.0 cm³/mol. The second kappa shape index (κ2) is 6.07. The number of urea groups is 1. The molecule has 1 aromatic carbocycles. The topological polar surface area (TPSA) is 77.1 Å². The zero-order valence-corrected chi connectivity index (χ0v) is 15.1. The van der Waals surface area contributed by atoms with Crippen molar-refractivity contribution in [1.82, 2.24) is 10.2 Å². The van der Waals surface area contributed by atoms with E-state index in [0.29, 0.717) is 32.4 Å². The molecule has 1 spiro atoms. The summed E-state index contributed by atoms with van der Waals surface area (Å²) in [5.41, 5.74) is 0.112. The van der Waals surface area contributed by atoms with Crippen LogP contribution < -0.4 is 10.1 Å². The summed E-state index contributed by atoms with van der Waals surface area (Å²) >= 11 is 0. The fourth-order valence-electron chi connectivity index (χ4n) is 3.96. The second-order valence-electron chi connectivity index (χ2n) is 7.92. The quantitative estimate of drug-likeness (QED) is 0.779. The predicted octanol–water partition coefficient (Wildman–Crippen LogP) is 3.00. The van der Waals surface area contributed by atoms with Crippen LogP contribution in [0.5, 0.6) is 5.75 Å². The van der Waals surface area contributed by atoms with E-state index in [-0.39, 0.29) is 24.3 Å². The largest absolute Gasteiger partial charge is 0.509 e. The normalized spacial score (nSPS) is 25.7. The molecule has 4 rings (SSSR count). The van der Waals surface area contributed by atoms with Crippen LogP contribution >= 0.6 is 0 Å². The van der Waals surface area contributed by atoms with Crippen molar-refractivity contribution in [2.75, 3.05) is 19.7 Å². The number of hydrogen-bond donors (Lipinski definition) is 1. The molecule has 140 valence electrons. The van der Waals surface area contributed by atoms with Gasteiger partial charge in [0.15, 0.2) is 5.60 Å². The maximum absolute atomic E-state index is 12.8. The molecule has 7 heteroatoms. The number of rotatable bonds is 1. The summed E-state index contributed by atoms with van der Waals surface area (Å²) in [7, 11) is 0. The number of ether oxygens (including phenoxy) is 3. The van der Waals surface area contributed by atoms with E-state index in [1.807, 2.05) is 38.1 Å². The summed E-state index contributed by atoms with van der Waals surface area (Å²) in [6.45, 7) is 5.42. The first-order valence-electron chi connectivity index (χ1n) is 9.05. The second-order valence-corrected chi connectivity index (χ2v) is 7.92. The van der Waals surface area contributed by atoms with Crippen molar-refractivity contribution in [3.63, 3.8) is 0 Å². The van der Waals surface area contributed by atoms with E-state index < -0.39 is 11.8 Å². The molecule has 0 saturated carbocycles. The van der Waals surface area contributed by atoms with Gasteiger partial charge >= 0.3 is 12.2 Å². The molecule has 0 bridgehead atoms. The van der Waals surface area contributed by atoms with E-state index in [4.69, 9.17) is 14.2 Å². The molecule has 0 aliphatic carbocycles. The number of carbonyl (C=O) groups excluding carboxylic acids is 2. The molecule has 0 radical (unpaired) electrons. The van der Waals surface area contributed by atoms with Gasteiger partial charge in [-0.3, -0.25) is 0 Å². The number of piperidine rings is 1. The number of cyclic esters (lactones) is 1. The molecule has 3 aliphatic rings. The summed E-state index contributed by atoms with van der Waals surface area (Å²) in [6, 6.07) is 7.64. The summed E-state index contributed by atoms with van der Waals surface area (Å²) in [4.78, 5) is 25.8. The van der Waals surface area contributed by atoms with E-state index in [1.54, 1.807) is 4.90 Å². The Kier molecular flexibility index (Phi) is 3.97. The van der Waals surface area contributed by atoms with Crippen LogP contribution in [-0.4, -0.2) is 48.0 Å². The molecule has 1 N–H and O–H groups in total. The molecular formula is C19H24N2O5. The Labute approximate surface area is 152 Å². The van der Waals surface area contributed by atoms with Crippen LogP contribution in [0.2, 0.25) is 0 Å². The Morgan fingerprint density at radius 1 is 1.19 bits per heavy atom. The third kappa shape index (κ3) is 3.18. The van der Waals surface area contributed by atoms with E-state index in [9.17, 15) is 9.59 Å². The molecule has 0 aromatic heterocycles. The van der Waals surface area contributed by atoms with E-state index in [1.165, 1.54) is 0 Å². The van der Waals surface area contributed by atoms with E-state index in [2.05, 4.69) is 5.32 Å². The average molecular weight is 360 g/mol. The summed E-state index contributed by atoms with van der Waals surface area (Å²) in [5, 5.41) is 3.16. The van der Waals surface area contributed by atoms with Gasteiger partial charge in [-0.25, -0.2) is 9.59 Å². The molecule has 26 heavy (non-hydrogen) atoms. The number of nitrogens with zero attached hydrogens (tertiary/aromatic N) is 1. The Hall–Kier alpha value is -2.44. The molecule has 1 atom stereocenters. The van der Waals surface area contributed by atoms with Gasteiger partial charge in [-0.1, -0.05) is 18.2 Å². The van der Waals surface area contributed by atoms with Crippen LogP contribution in [0.3, 0.4) is 0 Å². The zero-order valence-electron chi connectivity index (χ0n) is 15.1. The lowest BCUT2D eigenvalue weighted by molar-refractivity contribution is 0.00849. The molecule has 2 fully saturated rings. The highest BCUT2D eigenvalue weighted by Crippen LogP contribution is 2.39. The molecule has 3 heterocycles. The number of para-hydroxylation sites is 1. The molecular weight excluding hydrogens is 336 g/mol. The number of carbonyl (C=O) groups is 2. The van der Waals surface area contributed by atoms with Crippen molar-refractivity contribution in [1.29, 1.82) is 0 Å². The summed E-state index contributed by atoms with van der Waals surface area (Å²) in [5.74, 6) is 0.821. The molecule has 2 amide bonds. The lowest BCUT2D eigenvalue weighted by Crippen LogP contribution is -2.52. The molecule has 3 aliphatic heterocycles. The highest BCUT2D eigenvalue weighted by atomic mass is 16.8. The molecule has 1 unspecified atom stereocenters. The lowest BCUT2D eigenvalue weighted by atomic mass is 9.89. The van der Waals surface area contributed by atoms with Gasteiger partial charge < -0.3 is 24.4 Å². The number of amides is 2. The first-order valence-corrected chi connectivity index (χ1v) is 9.05. The van der Waals surface area contributed by atoms with Crippen LogP contribution in [0.15, 0.2) is 24.3 Å². The first-order chi connectivity index (χ1) is 12.4. The summed E-state index contributed by atoms with van der Waals surface area (Å²) in [6.07, 6.45) is 1.30. The Balaban J connectivity index is 1.42. The average Bonchev–Trinajstić information content (AvgIpc) is 2.95. The van der Waals surface area contributed by atoms with Crippen LogP contribution in [0.25, 0.3) is 0 Å².